The Hall–Kier alpha value is -1.06. The van der Waals surface area contributed by atoms with Gasteiger partial charge in [0.2, 0.25) is 11.8 Å². The predicted molar refractivity (Wildman–Crippen MR) is 69.9 cm³/mol. The summed E-state index contributed by atoms with van der Waals surface area (Å²) in [6, 6.07) is 0. The maximum absolute atomic E-state index is 12.3. The minimum Gasteiger partial charge on any atom is -0.354 e. The fourth-order valence-electron chi connectivity index (χ4n) is 2.91. The fourth-order valence-corrected chi connectivity index (χ4v) is 2.91. The zero-order chi connectivity index (χ0) is 13.2. The summed E-state index contributed by atoms with van der Waals surface area (Å²) in [5, 5.41) is 5.94. The molecule has 2 atom stereocenters. The van der Waals surface area contributed by atoms with E-state index in [0.29, 0.717) is 12.5 Å². The molecule has 102 valence electrons. The molecule has 0 heterocycles. The molecule has 2 fully saturated rings. The van der Waals surface area contributed by atoms with Crippen molar-refractivity contribution in [2.75, 3.05) is 6.54 Å². The lowest BCUT2D eigenvalue weighted by atomic mass is 9.80. The van der Waals surface area contributed by atoms with Crippen molar-refractivity contribution in [2.24, 2.45) is 11.8 Å². The fraction of sp³-hybridized carbons (Fsp3) is 0.857. The Kier molecular flexibility index (Phi) is 3.93. The van der Waals surface area contributed by atoms with Gasteiger partial charge in [0.15, 0.2) is 0 Å². The smallest absolute Gasteiger partial charge is 0.245 e. The topological polar surface area (TPSA) is 58.2 Å². The van der Waals surface area contributed by atoms with Gasteiger partial charge in [0, 0.05) is 12.5 Å². The van der Waals surface area contributed by atoms with Crippen molar-refractivity contribution in [3.63, 3.8) is 0 Å². The highest BCUT2D eigenvalue weighted by atomic mass is 16.2. The van der Waals surface area contributed by atoms with Crippen LogP contribution in [0.3, 0.4) is 0 Å². The molecule has 0 unspecified atom stereocenters. The van der Waals surface area contributed by atoms with Gasteiger partial charge in [-0.25, -0.2) is 0 Å². The van der Waals surface area contributed by atoms with Crippen LogP contribution in [-0.2, 0) is 9.59 Å². The van der Waals surface area contributed by atoms with Crippen LogP contribution in [0.15, 0.2) is 0 Å². The Bertz CT molecular complexity index is 335. The van der Waals surface area contributed by atoms with E-state index in [0.717, 1.165) is 38.5 Å². The van der Waals surface area contributed by atoms with Crippen LogP contribution < -0.4 is 10.6 Å². The molecular formula is C14H24N2O2. The number of nitrogens with one attached hydrogen (secondary N) is 2. The lowest BCUT2D eigenvalue weighted by Gasteiger charge is -2.36. The lowest BCUT2D eigenvalue weighted by molar-refractivity contribution is -0.135. The molecule has 2 aliphatic rings. The van der Waals surface area contributed by atoms with Crippen LogP contribution in [0.25, 0.3) is 0 Å². The normalized spacial score (nSPS) is 29.4. The largest absolute Gasteiger partial charge is 0.354 e. The second-order valence-corrected chi connectivity index (χ2v) is 5.81. The molecule has 0 radical (unpaired) electrons. The minimum atomic E-state index is -0.631. The summed E-state index contributed by atoms with van der Waals surface area (Å²) in [4.78, 5) is 24.4. The van der Waals surface area contributed by atoms with Gasteiger partial charge in [0.25, 0.3) is 0 Å². The molecule has 4 nitrogen and oxygen atoms in total. The molecule has 0 aliphatic heterocycles. The summed E-state index contributed by atoms with van der Waals surface area (Å²) in [7, 11) is 0. The van der Waals surface area contributed by atoms with Crippen LogP contribution in [0.2, 0.25) is 0 Å². The van der Waals surface area contributed by atoms with E-state index in [2.05, 4.69) is 17.6 Å². The number of amides is 2. The first-order valence-corrected chi connectivity index (χ1v) is 7.19. The van der Waals surface area contributed by atoms with Crippen LogP contribution in [0, 0.1) is 11.8 Å². The van der Waals surface area contributed by atoms with Gasteiger partial charge in [-0.3, -0.25) is 9.59 Å². The second kappa shape index (κ2) is 5.29. The Balaban J connectivity index is 2.04. The predicted octanol–water partition coefficient (Wildman–Crippen LogP) is 1.60. The summed E-state index contributed by atoms with van der Waals surface area (Å²) in [5.41, 5.74) is -0.631. The Labute approximate surface area is 109 Å². The monoisotopic (exact) mass is 252 g/mol. The maximum atomic E-state index is 12.3. The molecule has 0 spiro atoms. The number of carbonyl (C=O) groups is 2. The first-order valence-electron chi connectivity index (χ1n) is 7.19. The third-order valence-corrected chi connectivity index (χ3v) is 4.29. The van der Waals surface area contributed by atoms with E-state index in [4.69, 9.17) is 0 Å². The zero-order valence-corrected chi connectivity index (χ0v) is 11.4. The highest BCUT2D eigenvalue weighted by molar-refractivity contribution is 5.93. The van der Waals surface area contributed by atoms with E-state index in [1.54, 1.807) is 0 Å². The highest BCUT2D eigenvalue weighted by Gasteiger charge is 2.46. The van der Waals surface area contributed by atoms with Gasteiger partial charge in [0.1, 0.15) is 5.54 Å². The molecule has 2 N–H and O–H groups in total. The Morgan fingerprint density at radius 1 is 1.22 bits per heavy atom. The van der Waals surface area contributed by atoms with Crippen molar-refractivity contribution in [2.45, 2.75) is 57.9 Å². The minimum absolute atomic E-state index is 0.00588. The molecule has 0 saturated heterocycles. The van der Waals surface area contributed by atoms with Crippen molar-refractivity contribution >= 4 is 11.8 Å². The van der Waals surface area contributed by atoms with Gasteiger partial charge < -0.3 is 10.6 Å². The van der Waals surface area contributed by atoms with Gasteiger partial charge in [-0.15, -0.1) is 0 Å². The number of hydrogen-bond acceptors (Lipinski definition) is 2. The van der Waals surface area contributed by atoms with E-state index in [-0.39, 0.29) is 17.7 Å². The van der Waals surface area contributed by atoms with E-state index in [9.17, 15) is 9.59 Å². The molecule has 18 heavy (non-hydrogen) atoms. The van der Waals surface area contributed by atoms with E-state index >= 15 is 0 Å². The van der Waals surface area contributed by atoms with Gasteiger partial charge in [-0.1, -0.05) is 26.2 Å². The quantitative estimate of drug-likeness (QED) is 0.798. The third-order valence-electron chi connectivity index (χ3n) is 4.29. The molecule has 4 heteroatoms. The van der Waals surface area contributed by atoms with Crippen LogP contribution in [0.1, 0.15) is 52.4 Å². The van der Waals surface area contributed by atoms with Gasteiger partial charge in [0.05, 0.1) is 0 Å². The van der Waals surface area contributed by atoms with Crippen LogP contribution in [0.4, 0.5) is 0 Å². The third kappa shape index (κ3) is 2.68. The SMILES string of the molecule is CCNC(=O)C1(NC(=O)[C@@H]2C[C@H]2C)CCCCC1. The van der Waals surface area contributed by atoms with Gasteiger partial charge in [-0.05, 0) is 32.1 Å². The average Bonchev–Trinajstić information content (AvgIpc) is 3.08. The van der Waals surface area contributed by atoms with Crippen LogP contribution >= 0.6 is 0 Å². The van der Waals surface area contributed by atoms with E-state index in [1.165, 1.54) is 0 Å². The molecular weight excluding hydrogens is 228 g/mol. The first-order chi connectivity index (χ1) is 8.59. The van der Waals surface area contributed by atoms with Gasteiger partial charge >= 0.3 is 0 Å². The maximum Gasteiger partial charge on any atom is 0.245 e. The average molecular weight is 252 g/mol. The lowest BCUT2D eigenvalue weighted by Crippen LogP contribution is -2.60. The van der Waals surface area contributed by atoms with Crippen LogP contribution in [-0.4, -0.2) is 23.9 Å². The Morgan fingerprint density at radius 3 is 2.33 bits per heavy atom. The standard InChI is InChI=1S/C14H24N2O2/c1-3-15-13(18)14(7-5-4-6-8-14)16-12(17)11-9-10(11)2/h10-11H,3-9H2,1-2H3,(H,15,18)(H,16,17)/t10-,11-/m1/s1. The van der Waals surface area contributed by atoms with Crippen LogP contribution in [0.5, 0.6) is 0 Å². The van der Waals surface area contributed by atoms with E-state index < -0.39 is 5.54 Å². The number of carbonyl (C=O) groups excluding carboxylic acids is 2. The summed E-state index contributed by atoms with van der Waals surface area (Å²) < 4.78 is 0. The molecule has 2 rings (SSSR count). The van der Waals surface area contributed by atoms with Crippen molar-refractivity contribution in [3.05, 3.63) is 0 Å². The van der Waals surface area contributed by atoms with E-state index in [1.807, 2.05) is 6.92 Å². The first kappa shape index (κ1) is 13.4. The van der Waals surface area contributed by atoms with Crippen molar-refractivity contribution in [1.82, 2.24) is 10.6 Å². The summed E-state index contributed by atoms with van der Waals surface area (Å²) >= 11 is 0. The number of likely N-dealkylation sites (N-methyl/N-ethyl adjacent to an activating group) is 1. The van der Waals surface area contributed by atoms with Crippen molar-refractivity contribution in [3.8, 4) is 0 Å². The molecule has 2 aliphatic carbocycles. The van der Waals surface area contributed by atoms with Crippen molar-refractivity contribution < 1.29 is 9.59 Å². The number of rotatable bonds is 4. The molecule has 0 aromatic carbocycles. The zero-order valence-electron chi connectivity index (χ0n) is 11.4. The molecule has 0 aromatic heterocycles. The van der Waals surface area contributed by atoms with Gasteiger partial charge in [-0.2, -0.15) is 0 Å². The molecule has 2 saturated carbocycles. The second-order valence-electron chi connectivity index (χ2n) is 5.81. The molecule has 0 aromatic rings. The summed E-state index contributed by atoms with van der Waals surface area (Å²) in [6.45, 7) is 4.62. The molecule has 2 amide bonds. The number of hydrogen-bond donors (Lipinski definition) is 2. The van der Waals surface area contributed by atoms with Crippen molar-refractivity contribution in [1.29, 1.82) is 0 Å². The molecule has 0 bridgehead atoms. The summed E-state index contributed by atoms with van der Waals surface area (Å²) in [5.74, 6) is 0.708. The summed E-state index contributed by atoms with van der Waals surface area (Å²) in [6.07, 6.45) is 5.75. The highest BCUT2D eigenvalue weighted by Crippen LogP contribution is 2.39. The Morgan fingerprint density at radius 2 is 1.83 bits per heavy atom.